The minimum absolute atomic E-state index is 0.00158. The summed E-state index contributed by atoms with van der Waals surface area (Å²) in [6, 6.07) is 12.7. The maximum Gasteiger partial charge on any atom is 0.416 e. The van der Waals surface area contributed by atoms with Gasteiger partial charge in [-0.05, 0) is 48.5 Å². The first kappa shape index (κ1) is 19.2. The van der Waals surface area contributed by atoms with Crippen LogP contribution in [0, 0.1) is 0 Å². The second kappa shape index (κ2) is 7.95. The predicted molar refractivity (Wildman–Crippen MR) is 97.7 cm³/mol. The molecule has 0 spiro atoms. The Balaban J connectivity index is 1.74. The molecule has 0 aliphatic carbocycles. The number of nitrogens with one attached hydrogen (secondary N) is 2. The molecule has 0 saturated heterocycles. The van der Waals surface area contributed by atoms with Crippen molar-refractivity contribution in [2.75, 3.05) is 17.7 Å². The van der Waals surface area contributed by atoms with Crippen LogP contribution in [0.3, 0.4) is 0 Å². The van der Waals surface area contributed by atoms with E-state index in [1.54, 1.807) is 24.3 Å². The van der Waals surface area contributed by atoms with Gasteiger partial charge in [-0.15, -0.1) is 0 Å². The summed E-state index contributed by atoms with van der Waals surface area (Å²) in [5.74, 6) is 0.161. The Hall–Kier alpha value is -3.62. The van der Waals surface area contributed by atoms with E-state index in [4.69, 9.17) is 4.74 Å². The summed E-state index contributed by atoms with van der Waals surface area (Å²) in [5, 5.41) is 5.34. The monoisotopic (exact) mass is 388 g/mol. The molecule has 0 aliphatic rings. The number of aromatic nitrogens is 2. The predicted octanol–water partition coefficient (Wildman–Crippen LogP) is 4.50. The van der Waals surface area contributed by atoms with Crippen molar-refractivity contribution < 1.29 is 22.7 Å². The summed E-state index contributed by atoms with van der Waals surface area (Å²) in [4.78, 5) is 20.3. The Morgan fingerprint density at radius 3 is 2.46 bits per heavy atom. The number of carbonyl (C=O) groups is 1. The van der Waals surface area contributed by atoms with Gasteiger partial charge >= 0.3 is 6.18 Å². The molecule has 6 nitrogen and oxygen atoms in total. The summed E-state index contributed by atoms with van der Waals surface area (Å²) in [6.07, 6.45) is -3.12. The second-order valence-corrected chi connectivity index (χ2v) is 5.65. The number of ether oxygens (including phenoxy) is 1. The molecule has 0 radical (unpaired) electrons. The topological polar surface area (TPSA) is 76.1 Å². The number of methoxy groups -OCH3 is 1. The number of benzene rings is 2. The Labute approximate surface area is 158 Å². The smallest absolute Gasteiger partial charge is 0.416 e. The van der Waals surface area contributed by atoms with Crippen molar-refractivity contribution in [3.05, 3.63) is 72.1 Å². The van der Waals surface area contributed by atoms with E-state index < -0.39 is 17.6 Å². The highest BCUT2D eigenvalue weighted by Gasteiger charge is 2.30. The average molecular weight is 388 g/mol. The van der Waals surface area contributed by atoms with Gasteiger partial charge in [-0.3, -0.25) is 4.79 Å². The van der Waals surface area contributed by atoms with E-state index in [0.717, 1.165) is 12.1 Å². The molecule has 1 amide bonds. The first-order valence-corrected chi connectivity index (χ1v) is 8.08. The molecule has 0 atom stereocenters. The molecular formula is C19H15F3N4O2. The van der Waals surface area contributed by atoms with Crippen molar-refractivity contribution in [2.45, 2.75) is 6.18 Å². The van der Waals surface area contributed by atoms with Gasteiger partial charge in [-0.25, -0.2) is 9.97 Å². The fraction of sp³-hybridized carbons (Fsp3) is 0.105. The number of hydrogen-bond acceptors (Lipinski definition) is 5. The third-order valence-electron chi connectivity index (χ3n) is 3.68. The SMILES string of the molecule is COc1ccc(NC(=O)c2ccnc(Nc3cccc(C(F)(F)F)c3)n2)cc1. The van der Waals surface area contributed by atoms with Crippen LogP contribution in [0.5, 0.6) is 5.75 Å². The summed E-state index contributed by atoms with van der Waals surface area (Å²) in [7, 11) is 1.54. The Morgan fingerprint density at radius 1 is 1.04 bits per heavy atom. The minimum atomic E-state index is -4.46. The first-order valence-electron chi connectivity index (χ1n) is 8.08. The number of carbonyl (C=O) groups excluding carboxylic acids is 1. The molecule has 0 saturated carbocycles. The average Bonchev–Trinajstić information content (AvgIpc) is 2.68. The zero-order chi connectivity index (χ0) is 20.1. The van der Waals surface area contributed by atoms with E-state index >= 15 is 0 Å². The maximum atomic E-state index is 12.8. The van der Waals surface area contributed by atoms with E-state index in [9.17, 15) is 18.0 Å². The van der Waals surface area contributed by atoms with Crippen molar-refractivity contribution in [1.82, 2.24) is 9.97 Å². The van der Waals surface area contributed by atoms with Gasteiger partial charge in [0.25, 0.3) is 5.91 Å². The van der Waals surface area contributed by atoms with Crippen LogP contribution in [-0.4, -0.2) is 23.0 Å². The number of halogens is 3. The summed E-state index contributed by atoms with van der Waals surface area (Å²) in [5.41, 5.74) is -0.0504. The number of rotatable bonds is 5. The number of alkyl halides is 3. The lowest BCUT2D eigenvalue weighted by molar-refractivity contribution is -0.137. The van der Waals surface area contributed by atoms with Crippen LogP contribution in [0.2, 0.25) is 0 Å². The number of amides is 1. The van der Waals surface area contributed by atoms with Crippen LogP contribution < -0.4 is 15.4 Å². The summed E-state index contributed by atoms with van der Waals surface area (Å²) >= 11 is 0. The normalized spacial score (nSPS) is 11.0. The minimum Gasteiger partial charge on any atom is -0.497 e. The van der Waals surface area contributed by atoms with E-state index in [1.165, 1.54) is 31.5 Å². The summed E-state index contributed by atoms with van der Waals surface area (Å²) < 4.78 is 43.5. The Bertz CT molecular complexity index is 975. The van der Waals surface area contributed by atoms with E-state index in [0.29, 0.717) is 11.4 Å². The highest BCUT2D eigenvalue weighted by atomic mass is 19.4. The molecule has 0 fully saturated rings. The molecule has 0 unspecified atom stereocenters. The molecule has 144 valence electrons. The van der Waals surface area contributed by atoms with Crippen LogP contribution in [0.4, 0.5) is 30.5 Å². The van der Waals surface area contributed by atoms with Crippen LogP contribution in [0.15, 0.2) is 60.8 Å². The van der Waals surface area contributed by atoms with Gasteiger partial charge in [-0.2, -0.15) is 13.2 Å². The van der Waals surface area contributed by atoms with E-state index in [-0.39, 0.29) is 17.3 Å². The van der Waals surface area contributed by atoms with Crippen molar-refractivity contribution >= 4 is 23.2 Å². The van der Waals surface area contributed by atoms with Gasteiger partial charge in [0.2, 0.25) is 5.95 Å². The fourth-order valence-electron chi connectivity index (χ4n) is 2.32. The van der Waals surface area contributed by atoms with Gasteiger partial charge in [0.05, 0.1) is 12.7 Å². The lowest BCUT2D eigenvalue weighted by atomic mass is 10.2. The third kappa shape index (κ3) is 4.76. The molecule has 1 aromatic heterocycles. The largest absolute Gasteiger partial charge is 0.497 e. The van der Waals surface area contributed by atoms with Crippen molar-refractivity contribution in [3.63, 3.8) is 0 Å². The van der Waals surface area contributed by atoms with Gasteiger partial charge in [-0.1, -0.05) is 6.07 Å². The Morgan fingerprint density at radius 2 is 1.79 bits per heavy atom. The van der Waals surface area contributed by atoms with Crippen LogP contribution in [0.1, 0.15) is 16.1 Å². The first-order chi connectivity index (χ1) is 13.3. The zero-order valence-electron chi connectivity index (χ0n) is 14.6. The van der Waals surface area contributed by atoms with Crippen molar-refractivity contribution in [3.8, 4) is 5.75 Å². The lowest BCUT2D eigenvalue weighted by Crippen LogP contribution is -2.14. The quantitative estimate of drug-likeness (QED) is 0.673. The highest BCUT2D eigenvalue weighted by Crippen LogP contribution is 2.31. The second-order valence-electron chi connectivity index (χ2n) is 5.65. The maximum absolute atomic E-state index is 12.8. The summed E-state index contributed by atoms with van der Waals surface area (Å²) in [6.45, 7) is 0. The van der Waals surface area contributed by atoms with Gasteiger partial charge < -0.3 is 15.4 Å². The zero-order valence-corrected chi connectivity index (χ0v) is 14.6. The van der Waals surface area contributed by atoms with Crippen molar-refractivity contribution in [1.29, 1.82) is 0 Å². The van der Waals surface area contributed by atoms with Crippen LogP contribution in [-0.2, 0) is 6.18 Å². The molecule has 2 N–H and O–H groups in total. The van der Waals surface area contributed by atoms with Crippen LogP contribution >= 0.6 is 0 Å². The van der Waals surface area contributed by atoms with Gasteiger partial charge in [0.15, 0.2) is 0 Å². The molecule has 28 heavy (non-hydrogen) atoms. The molecule has 3 rings (SSSR count). The van der Waals surface area contributed by atoms with E-state index in [1.807, 2.05) is 0 Å². The van der Waals surface area contributed by atoms with Crippen LogP contribution in [0.25, 0.3) is 0 Å². The standard InChI is InChI=1S/C19H15F3N4O2/c1-28-15-7-5-13(6-8-15)24-17(27)16-9-10-23-18(26-16)25-14-4-2-3-12(11-14)19(20,21)22/h2-11H,1H3,(H,24,27)(H,23,25,26). The van der Waals surface area contributed by atoms with Gasteiger partial charge in [0.1, 0.15) is 11.4 Å². The Kier molecular flexibility index (Phi) is 5.44. The number of hydrogen-bond donors (Lipinski definition) is 2. The third-order valence-corrected chi connectivity index (χ3v) is 3.68. The molecular weight excluding hydrogens is 373 g/mol. The lowest BCUT2D eigenvalue weighted by Gasteiger charge is -2.10. The fourth-order valence-corrected chi connectivity index (χ4v) is 2.32. The molecule has 0 bridgehead atoms. The number of anilines is 3. The molecule has 3 aromatic rings. The van der Waals surface area contributed by atoms with E-state index in [2.05, 4.69) is 20.6 Å². The van der Waals surface area contributed by atoms with Crippen molar-refractivity contribution in [2.24, 2.45) is 0 Å². The molecule has 2 aromatic carbocycles. The molecule has 0 aliphatic heterocycles. The highest BCUT2D eigenvalue weighted by molar-refractivity contribution is 6.03. The molecule has 9 heteroatoms. The van der Waals surface area contributed by atoms with Gasteiger partial charge in [0, 0.05) is 17.6 Å². The molecule has 1 heterocycles. The number of nitrogens with zero attached hydrogens (tertiary/aromatic N) is 2.